The van der Waals surface area contributed by atoms with Crippen molar-refractivity contribution in [2.75, 3.05) is 13.1 Å². The van der Waals surface area contributed by atoms with Gasteiger partial charge in [-0.05, 0) is 66.6 Å². The molecule has 10 nitrogen and oxygen atoms in total. The van der Waals surface area contributed by atoms with Gasteiger partial charge < -0.3 is 14.8 Å². The van der Waals surface area contributed by atoms with E-state index in [0.29, 0.717) is 23.2 Å². The molecule has 16 heteroatoms. The first-order valence-corrected chi connectivity index (χ1v) is 14.4. The van der Waals surface area contributed by atoms with Crippen LogP contribution < -0.4 is 10.0 Å². The minimum atomic E-state index is -5.08. The van der Waals surface area contributed by atoms with E-state index in [-0.39, 0.29) is 29.3 Å². The average Bonchev–Trinajstić information content (AvgIpc) is 3.41. The number of aromatic nitrogens is 2. The van der Waals surface area contributed by atoms with Crippen LogP contribution in [-0.4, -0.2) is 53.4 Å². The van der Waals surface area contributed by atoms with Crippen molar-refractivity contribution in [1.82, 2.24) is 19.6 Å². The largest absolute Gasteiger partial charge is 0.508 e. The maximum Gasteiger partial charge on any atom is 0.490 e. The summed E-state index contributed by atoms with van der Waals surface area (Å²) in [5, 5.41) is 29.4. The predicted octanol–water partition coefficient (Wildman–Crippen LogP) is 4.16. The van der Waals surface area contributed by atoms with E-state index in [9.17, 15) is 40.7 Å². The number of carbonyl (C=O) groups is 1. The number of imidazole rings is 1. The number of nitrogens with zero attached hydrogens (tertiary/aromatic N) is 3. The minimum absolute atomic E-state index is 0.0611. The van der Waals surface area contributed by atoms with Crippen molar-refractivity contribution in [3.63, 3.8) is 0 Å². The van der Waals surface area contributed by atoms with Gasteiger partial charge in [-0.15, -0.1) is 0 Å². The molecule has 0 aliphatic rings. The molecule has 0 saturated carbocycles. The zero-order valence-corrected chi connectivity index (χ0v) is 24.2. The van der Waals surface area contributed by atoms with Crippen LogP contribution >= 0.6 is 0 Å². The van der Waals surface area contributed by atoms with Gasteiger partial charge >= 0.3 is 12.1 Å². The highest BCUT2D eigenvalue weighted by atomic mass is 32.2. The van der Waals surface area contributed by atoms with Crippen molar-refractivity contribution in [1.29, 1.82) is 5.26 Å². The average molecular weight is 652 g/mol. The van der Waals surface area contributed by atoms with Crippen molar-refractivity contribution in [2.24, 2.45) is 7.05 Å². The number of carboxylic acids is 1. The lowest BCUT2D eigenvalue weighted by atomic mass is 9.79. The van der Waals surface area contributed by atoms with E-state index in [4.69, 9.17) is 9.90 Å². The third kappa shape index (κ3) is 8.41. The molecule has 4 N–H and O–H groups in total. The number of aromatic hydroxyl groups is 1. The molecule has 0 amide bonds. The van der Waals surface area contributed by atoms with Crippen molar-refractivity contribution >= 4 is 16.0 Å². The number of aliphatic carboxylic acids is 1. The van der Waals surface area contributed by atoms with Crippen molar-refractivity contribution in [2.45, 2.75) is 23.0 Å². The summed E-state index contributed by atoms with van der Waals surface area (Å²) in [6, 6.07) is 17.2. The Kier molecular flexibility index (Phi) is 11.0. The highest BCUT2D eigenvalue weighted by molar-refractivity contribution is 7.89. The first-order chi connectivity index (χ1) is 21.1. The zero-order valence-electron chi connectivity index (χ0n) is 23.4. The van der Waals surface area contributed by atoms with Gasteiger partial charge in [-0.3, -0.25) is 5.32 Å². The number of sulfonamides is 1. The molecule has 3 aromatic carbocycles. The number of rotatable bonds is 10. The van der Waals surface area contributed by atoms with Crippen molar-refractivity contribution < 1.29 is 45.4 Å². The van der Waals surface area contributed by atoms with Crippen molar-refractivity contribution in [3.05, 3.63) is 113 Å². The van der Waals surface area contributed by atoms with Crippen LogP contribution in [0.25, 0.3) is 0 Å². The van der Waals surface area contributed by atoms with Crippen molar-refractivity contribution in [3.8, 4) is 11.8 Å². The molecule has 1 atom stereocenters. The third-order valence-corrected chi connectivity index (χ3v) is 7.87. The van der Waals surface area contributed by atoms with Gasteiger partial charge in [0.2, 0.25) is 10.0 Å². The number of phenols is 1. The molecule has 45 heavy (non-hydrogen) atoms. The number of alkyl halides is 3. The lowest BCUT2D eigenvalue weighted by molar-refractivity contribution is -0.192. The smallest absolute Gasteiger partial charge is 0.490 e. The molecule has 1 unspecified atom stereocenters. The summed E-state index contributed by atoms with van der Waals surface area (Å²) in [4.78, 5) is 13.1. The fourth-order valence-electron chi connectivity index (χ4n) is 4.32. The fraction of sp³-hybridized carbons (Fsp3) is 0.207. The molecule has 0 bridgehead atoms. The second-order valence-electron chi connectivity index (χ2n) is 9.43. The Hall–Kier alpha value is -4.85. The lowest BCUT2D eigenvalue weighted by Gasteiger charge is -2.37. The molecule has 0 spiro atoms. The highest BCUT2D eigenvalue weighted by Crippen LogP contribution is 2.37. The lowest BCUT2D eigenvalue weighted by Crippen LogP contribution is -2.47. The molecule has 4 aromatic rings. The summed E-state index contributed by atoms with van der Waals surface area (Å²) in [5.74, 6) is -4.07. The Morgan fingerprint density at radius 1 is 1.02 bits per heavy atom. The monoisotopic (exact) mass is 651 g/mol. The van der Waals surface area contributed by atoms with Crippen LogP contribution in [0.2, 0.25) is 0 Å². The van der Waals surface area contributed by atoms with Gasteiger partial charge in [0.05, 0.1) is 28.7 Å². The number of nitriles is 1. The van der Waals surface area contributed by atoms with Gasteiger partial charge in [0.25, 0.3) is 0 Å². The fourth-order valence-corrected chi connectivity index (χ4v) is 5.43. The first-order valence-electron chi connectivity index (χ1n) is 12.9. The topological polar surface area (TPSA) is 157 Å². The van der Waals surface area contributed by atoms with Gasteiger partial charge in [-0.25, -0.2) is 31.7 Å². The summed E-state index contributed by atoms with van der Waals surface area (Å²) in [6.45, 7) is 0.324. The number of hydrogen-bond donors (Lipinski definition) is 4. The second-order valence-corrected chi connectivity index (χ2v) is 11.2. The van der Waals surface area contributed by atoms with Gasteiger partial charge in [0.15, 0.2) is 0 Å². The maximum absolute atomic E-state index is 14.8. The summed E-state index contributed by atoms with van der Waals surface area (Å²) >= 11 is 0. The molecular weight excluding hydrogens is 625 g/mol. The molecular formula is C29H26F5N5O5S. The molecule has 0 fully saturated rings. The van der Waals surface area contributed by atoms with Crippen LogP contribution in [0, 0.1) is 23.0 Å². The van der Waals surface area contributed by atoms with Crippen LogP contribution in [0.4, 0.5) is 22.0 Å². The number of aryl methyl sites for hydroxylation is 1. The summed E-state index contributed by atoms with van der Waals surface area (Å²) < 4.78 is 89.9. The molecule has 0 aliphatic heterocycles. The summed E-state index contributed by atoms with van der Waals surface area (Å²) in [7, 11) is -2.08. The standard InChI is InChI=1S/C27H25F2N5O3S.C2HF3O2/c1-34-18-31-17-26(34)27(20-8-10-22(28)11-9-20,21-7-6-19(16-30)25(29)14-21)32-12-3-13-33-38(36,37)24-5-2-4-23(35)15-24;3-2(4,5)1(6)7/h2,4-11,14-15,17-18,32-33,35H,3,12-13H2,1H3;(H,6,7). The summed E-state index contributed by atoms with van der Waals surface area (Å²) in [5.41, 5.74) is 0.330. The maximum atomic E-state index is 14.8. The van der Waals surface area contributed by atoms with Crippen LogP contribution in [0.3, 0.4) is 0 Å². The highest BCUT2D eigenvalue weighted by Gasteiger charge is 2.39. The number of carboxylic acid groups (broad SMARTS) is 1. The van der Waals surface area contributed by atoms with Gasteiger partial charge in [0.1, 0.15) is 29.0 Å². The third-order valence-electron chi connectivity index (χ3n) is 6.41. The van der Waals surface area contributed by atoms with Crippen LogP contribution in [0.1, 0.15) is 28.8 Å². The second kappa shape index (κ2) is 14.3. The van der Waals surface area contributed by atoms with Gasteiger partial charge in [-0.1, -0.05) is 24.3 Å². The quantitative estimate of drug-likeness (QED) is 0.147. The van der Waals surface area contributed by atoms with E-state index in [1.807, 2.05) is 6.07 Å². The number of benzene rings is 3. The Morgan fingerprint density at radius 2 is 1.67 bits per heavy atom. The van der Waals surface area contributed by atoms with E-state index >= 15 is 0 Å². The number of phenolic OH excluding ortho intramolecular Hbond substituents is 1. The Labute approximate surface area is 254 Å². The molecule has 1 heterocycles. The predicted molar refractivity (Wildman–Crippen MR) is 150 cm³/mol. The van der Waals surface area contributed by atoms with E-state index in [0.717, 1.165) is 6.07 Å². The van der Waals surface area contributed by atoms with Gasteiger partial charge in [0, 0.05) is 13.6 Å². The molecule has 238 valence electrons. The number of hydrogen-bond acceptors (Lipinski definition) is 7. The Bertz CT molecular complexity index is 1790. The normalized spacial score (nSPS) is 12.8. The van der Waals surface area contributed by atoms with Crippen LogP contribution in [0.15, 0.2) is 84.1 Å². The van der Waals surface area contributed by atoms with E-state index in [2.05, 4.69) is 15.0 Å². The van der Waals surface area contributed by atoms with E-state index in [1.165, 1.54) is 42.5 Å². The van der Waals surface area contributed by atoms with Gasteiger partial charge in [-0.2, -0.15) is 18.4 Å². The SMILES string of the molecule is Cn1cncc1C(NCCCNS(=O)(=O)c1cccc(O)c1)(c1ccc(F)cc1)c1ccc(C#N)c(F)c1.O=C(O)C(F)(F)F. The Balaban J connectivity index is 0.000000707. The molecule has 0 radical (unpaired) electrons. The Morgan fingerprint density at radius 3 is 2.20 bits per heavy atom. The van der Waals surface area contributed by atoms with E-state index < -0.39 is 39.3 Å². The zero-order chi connectivity index (χ0) is 33.4. The van der Waals surface area contributed by atoms with E-state index in [1.54, 1.807) is 42.3 Å². The number of halogens is 5. The van der Waals surface area contributed by atoms with Crippen LogP contribution in [-0.2, 0) is 27.4 Å². The number of nitrogens with one attached hydrogen (secondary N) is 2. The first kappa shape index (κ1) is 34.6. The summed E-state index contributed by atoms with van der Waals surface area (Å²) in [6.07, 6.45) is -1.56. The minimum Gasteiger partial charge on any atom is -0.508 e. The molecule has 1 aromatic heterocycles. The van der Waals surface area contributed by atoms with Crippen LogP contribution in [0.5, 0.6) is 5.75 Å². The molecule has 0 aliphatic carbocycles. The molecule has 0 saturated heterocycles. The molecule has 4 rings (SSSR count).